The molecule has 0 aromatic heterocycles. The van der Waals surface area contributed by atoms with Crippen LogP contribution in [0.2, 0.25) is 0 Å². The first-order valence-electron chi connectivity index (χ1n) is 13.7. The van der Waals surface area contributed by atoms with Gasteiger partial charge in [0, 0.05) is 38.0 Å². The fraction of sp³-hybridized carbons (Fsp3) is 0.533. The van der Waals surface area contributed by atoms with Crippen LogP contribution in [0, 0.1) is 5.92 Å². The van der Waals surface area contributed by atoms with Gasteiger partial charge in [-0.3, -0.25) is 9.59 Å². The number of halogens is 1. The van der Waals surface area contributed by atoms with Gasteiger partial charge in [-0.05, 0) is 48.9 Å². The van der Waals surface area contributed by atoms with Crippen molar-refractivity contribution in [2.45, 2.75) is 76.2 Å². The Balaban J connectivity index is 1.56. The lowest BCUT2D eigenvalue weighted by Crippen LogP contribution is -2.60. The molecule has 0 bridgehead atoms. The predicted octanol–water partition coefficient (Wildman–Crippen LogP) is 4.42. The lowest BCUT2D eigenvalue weighted by atomic mass is 9.85. The number of hydrogen-bond acceptors (Lipinski definition) is 4. The van der Waals surface area contributed by atoms with Gasteiger partial charge in [0.2, 0.25) is 11.8 Å². The summed E-state index contributed by atoms with van der Waals surface area (Å²) < 4.78 is 19.8. The number of benzene rings is 2. The molecule has 2 aromatic rings. The van der Waals surface area contributed by atoms with Gasteiger partial charge in [-0.25, -0.2) is 4.39 Å². The molecule has 2 amide bonds. The molecule has 2 aliphatic rings. The third kappa shape index (κ3) is 7.54. The van der Waals surface area contributed by atoms with E-state index in [1.165, 1.54) is 0 Å². The van der Waals surface area contributed by atoms with Crippen LogP contribution in [0.4, 0.5) is 4.39 Å². The third-order valence-corrected chi connectivity index (χ3v) is 7.70. The number of aryl methyl sites for hydroxylation is 1. The first kappa shape index (κ1) is 27.1. The van der Waals surface area contributed by atoms with Crippen molar-refractivity contribution in [3.05, 3.63) is 65.7 Å². The molecular weight excluding hydrogens is 469 g/mol. The van der Waals surface area contributed by atoms with Gasteiger partial charge in [0.1, 0.15) is 18.0 Å². The van der Waals surface area contributed by atoms with E-state index in [2.05, 4.69) is 10.6 Å². The molecule has 1 aliphatic heterocycles. The van der Waals surface area contributed by atoms with Crippen LogP contribution in [0.25, 0.3) is 0 Å². The van der Waals surface area contributed by atoms with E-state index in [0.29, 0.717) is 32.5 Å². The van der Waals surface area contributed by atoms with Crippen molar-refractivity contribution < 1.29 is 18.7 Å². The Hall–Kier alpha value is -2.93. The number of methoxy groups -OCH3 is 1. The largest absolute Gasteiger partial charge is 0.497 e. The van der Waals surface area contributed by atoms with Crippen LogP contribution < -0.4 is 15.4 Å². The number of nitrogens with zero attached hydrogens (tertiary/aromatic N) is 1. The van der Waals surface area contributed by atoms with Crippen LogP contribution in [0.3, 0.4) is 0 Å². The van der Waals surface area contributed by atoms with E-state index < -0.39 is 12.2 Å². The van der Waals surface area contributed by atoms with Crippen molar-refractivity contribution in [2.75, 3.05) is 20.2 Å². The SMILES string of the molecule is COc1ccc(CCC(=O)N(C2CCCCC2)C(C(=O)NCc2ccccc2)C2CNCC(F)C2)cc1. The quantitative estimate of drug-likeness (QED) is 0.498. The number of piperidine rings is 1. The molecule has 2 aromatic carbocycles. The van der Waals surface area contributed by atoms with Crippen molar-refractivity contribution in [3.63, 3.8) is 0 Å². The molecule has 200 valence electrons. The van der Waals surface area contributed by atoms with E-state index in [1.807, 2.05) is 59.5 Å². The molecule has 3 atom stereocenters. The molecule has 1 saturated heterocycles. The number of hydrogen-bond donors (Lipinski definition) is 2. The summed E-state index contributed by atoms with van der Waals surface area (Å²) in [5.41, 5.74) is 2.04. The molecule has 0 spiro atoms. The molecular formula is C30H40FN3O3. The molecule has 1 saturated carbocycles. The summed E-state index contributed by atoms with van der Waals surface area (Å²) >= 11 is 0. The lowest BCUT2D eigenvalue weighted by molar-refractivity contribution is -0.147. The van der Waals surface area contributed by atoms with Gasteiger partial charge >= 0.3 is 0 Å². The van der Waals surface area contributed by atoms with Gasteiger partial charge < -0.3 is 20.3 Å². The number of carbonyl (C=O) groups excluding carboxylic acids is 2. The molecule has 0 radical (unpaired) electrons. The molecule has 3 unspecified atom stereocenters. The minimum absolute atomic E-state index is 0.00424. The van der Waals surface area contributed by atoms with Crippen molar-refractivity contribution >= 4 is 11.8 Å². The fourth-order valence-corrected chi connectivity index (χ4v) is 5.74. The van der Waals surface area contributed by atoms with Crippen LogP contribution in [0.15, 0.2) is 54.6 Å². The highest BCUT2D eigenvalue weighted by Crippen LogP contribution is 2.30. The zero-order valence-corrected chi connectivity index (χ0v) is 21.8. The number of carbonyl (C=O) groups is 2. The highest BCUT2D eigenvalue weighted by molar-refractivity contribution is 5.88. The van der Waals surface area contributed by atoms with Gasteiger partial charge in [0.05, 0.1) is 7.11 Å². The second-order valence-corrected chi connectivity index (χ2v) is 10.3. The molecule has 1 aliphatic carbocycles. The van der Waals surface area contributed by atoms with E-state index >= 15 is 0 Å². The Morgan fingerprint density at radius 2 is 1.76 bits per heavy atom. The first-order valence-corrected chi connectivity index (χ1v) is 13.7. The van der Waals surface area contributed by atoms with Gasteiger partial charge in [0.25, 0.3) is 0 Å². The zero-order valence-electron chi connectivity index (χ0n) is 21.8. The van der Waals surface area contributed by atoms with Crippen LogP contribution in [0.1, 0.15) is 56.1 Å². The summed E-state index contributed by atoms with van der Waals surface area (Å²) in [6.45, 7) is 1.20. The maximum atomic E-state index is 14.5. The maximum absolute atomic E-state index is 14.5. The molecule has 7 heteroatoms. The summed E-state index contributed by atoms with van der Waals surface area (Å²) in [5, 5.41) is 6.23. The maximum Gasteiger partial charge on any atom is 0.243 e. The minimum Gasteiger partial charge on any atom is -0.497 e. The Bertz CT molecular complexity index is 995. The second kappa shape index (κ2) is 13.6. The zero-order chi connectivity index (χ0) is 26.0. The molecule has 37 heavy (non-hydrogen) atoms. The number of rotatable bonds is 10. The van der Waals surface area contributed by atoms with Crippen LogP contribution in [-0.2, 0) is 22.6 Å². The summed E-state index contributed by atoms with van der Waals surface area (Å²) in [4.78, 5) is 29.5. The van der Waals surface area contributed by atoms with Crippen molar-refractivity contribution in [3.8, 4) is 5.75 Å². The van der Waals surface area contributed by atoms with Crippen molar-refractivity contribution in [2.24, 2.45) is 5.92 Å². The topological polar surface area (TPSA) is 70.7 Å². The molecule has 6 nitrogen and oxygen atoms in total. The van der Waals surface area contributed by atoms with Crippen LogP contribution >= 0.6 is 0 Å². The Morgan fingerprint density at radius 1 is 1.03 bits per heavy atom. The summed E-state index contributed by atoms with van der Waals surface area (Å²) in [6, 6.07) is 16.8. The van der Waals surface area contributed by atoms with Crippen LogP contribution in [0.5, 0.6) is 5.75 Å². The molecule has 2 N–H and O–H groups in total. The number of ether oxygens (including phenoxy) is 1. The monoisotopic (exact) mass is 509 g/mol. The average Bonchev–Trinajstić information content (AvgIpc) is 2.94. The van der Waals surface area contributed by atoms with Gasteiger partial charge in [0.15, 0.2) is 0 Å². The standard InChI is InChI=1S/C30H40FN3O3/c1-37-27-15-12-22(13-16-27)14-17-28(35)34(26-10-6-3-7-11-26)29(24-18-25(31)21-32-20-24)30(36)33-19-23-8-4-2-5-9-23/h2,4-5,8-9,12-13,15-16,24-26,29,32H,3,6-7,10-11,14,17-21H2,1H3,(H,33,36). The number of nitrogens with one attached hydrogen (secondary N) is 2. The van der Waals surface area contributed by atoms with E-state index in [-0.39, 0.29) is 30.2 Å². The highest BCUT2D eigenvalue weighted by atomic mass is 19.1. The van der Waals surface area contributed by atoms with Gasteiger partial charge in [-0.15, -0.1) is 0 Å². The Kier molecular flexibility index (Phi) is 9.94. The Labute approximate surface area is 220 Å². The first-order chi connectivity index (χ1) is 18.0. The molecule has 2 fully saturated rings. The lowest BCUT2D eigenvalue weighted by Gasteiger charge is -2.44. The summed E-state index contributed by atoms with van der Waals surface area (Å²) in [6.07, 6.45) is 5.15. The number of amides is 2. The fourth-order valence-electron chi connectivity index (χ4n) is 5.74. The van der Waals surface area contributed by atoms with E-state index in [1.54, 1.807) is 7.11 Å². The Morgan fingerprint density at radius 3 is 2.43 bits per heavy atom. The summed E-state index contributed by atoms with van der Waals surface area (Å²) in [7, 11) is 1.63. The summed E-state index contributed by atoms with van der Waals surface area (Å²) in [5.74, 6) is 0.294. The smallest absolute Gasteiger partial charge is 0.243 e. The normalized spacial score (nSPS) is 21.1. The van der Waals surface area contributed by atoms with E-state index in [0.717, 1.165) is 49.0 Å². The molecule has 1 heterocycles. The average molecular weight is 510 g/mol. The minimum atomic E-state index is -1.02. The number of alkyl halides is 1. The van der Waals surface area contributed by atoms with Gasteiger partial charge in [-0.2, -0.15) is 0 Å². The predicted molar refractivity (Wildman–Crippen MR) is 143 cm³/mol. The second-order valence-electron chi connectivity index (χ2n) is 10.3. The van der Waals surface area contributed by atoms with Gasteiger partial charge in [-0.1, -0.05) is 61.7 Å². The van der Waals surface area contributed by atoms with Crippen LogP contribution in [-0.4, -0.2) is 55.2 Å². The van der Waals surface area contributed by atoms with E-state index in [4.69, 9.17) is 4.74 Å². The van der Waals surface area contributed by atoms with Crippen molar-refractivity contribution in [1.82, 2.24) is 15.5 Å². The van der Waals surface area contributed by atoms with Crippen molar-refractivity contribution in [1.29, 1.82) is 0 Å². The highest BCUT2D eigenvalue weighted by Gasteiger charge is 2.42. The third-order valence-electron chi connectivity index (χ3n) is 7.70. The molecule has 4 rings (SSSR count). The van der Waals surface area contributed by atoms with E-state index in [9.17, 15) is 14.0 Å².